The number of nitrogens with zero attached hydrogens (tertiary/aromatic N) is 1. The topological polar surface area (TPSA) is 118 Å². The lowest BCUT2D eigenvalue weighted by Crippen LogP contribution is -2.29. The number of rotatable bonds is 5. The first-order chi connectivity index (χ1) is 14.3. The summed E-state index contributed by atoms with van der Waals surface area (Å²) < 4.78 is 10.9. The number of esters is 1. The molecular weight excluding hydrogens is 382 g/mol. The Morgan fingerprint density at radius 1 is 1.27 bits per heavy atom. The molecule has 1 aliphatic rings. The van der Waals surface area contributed by atoms with Crippen LogP contribution in [0, 0.1) is 25.2 Å². The van der Waals surface area contributed by atoms with Gasteiger partial charge in [0.2, 0.25) is 5.88 Å². The van der Waals surface area contributed by atoms with Crippen molar-refractivity contribution in [2.45, 2.75) is 46.5 Å². The molecule has 0 fully saturated rings. The highest BCUT2D eigenvalue weighted by Crippen LogP contribution is 2.40. The number of H-pyrrole nitrogens is 1. The number of pyridine rings is 1. The number of nitrogens with one attached hydrogen (secondary N) is 1. The minimum Gasteiger partial charge on any atom is -0.463 e. The first kappa shape index (κ1) is 21.2. The van der Waals surface area contributed by atoms with E-state index < -0.39 is 17.4 Å². The zero-order valence-corrected chi connectivity index (χ0v) is 17.6. The van der Waals surface area contributed by atoms with Crippen LogP contribution in [0.1, 0.15) is 49.3 Å². The highest BCUT2D eigenvalue weighted by molar-refractivity contribution is 5.93. The molecule has 2 heterocycles. The van der Waals surface area contributed by atoms with E-state index in [0.717, 1.165) is 16.5 Å². The second kappa shape index (κ2) is 8.46. The summed E-state index contributed by atoms with van der Waals surface area (Å²) in [5.41, 5.74) is 8.85. The Balaban J connectivity index is 2.32. The lowest BCUT2D eigenvalue weighted by Gasteiger charge is -2.27. The Labute approximate surface area is 174 Å². The Bertz CT molecular complexity index is 1180. The van der Waals surface area contributed by atoms with Gasteiger partial charge in [0.25, 0.3) is 5.56 Å². The van der Waals surface area contributed by atoms with Gasteiger partial charge in [0.1, 0.15) is 17.4 Å². The molecule has 0 saturated carbocycles. The average molecular weight is 407 g/mol. The Kier molecular flexibility index (Phi) is 5.97. The predicted molar refractivity (Wildman–Crippen MR) is 113 cm³/mol. The van der Waals surface area contributed by atoms with Crippen molar-refractivity contribution < 1.29 is 14.3 Å². The molecule has 3 rings (SSSR count). The number of aryl methyl sites for hydroxylation is 2. The highest BCUT2D eigenvalue weighted by Gasteiger charge is 2.38. The molecule has 7 heteroatoms. The second-order valence-electron chi connectivity index (χ2n) is 7.31. The maximum atomic E-state index is 13.0. The van der Waals surface area contributed by atoms with Gasteiger partial charge in [-0.25, -0.2) is 4.79 Å². The fraction of sp³-hybridized carbons (Fsp3) is 0.348. The first-order valence-electron chi connectivity index (χ1n) is 9.94. The molecule has 1 aromatic heterocycles. The number of hydrogen-bond acceptors (Lipinski definition) is 6. The zero-order chi connectivity index (χ0) is 22.0. The van der Waals surface area contributed by atoms with Gasteiger partial charge in [-0.1, -0.05) is 6.92 Å². The van der Waals surface area contributed by atoms with E-state index >= 15 is 0 Å². The van der Waals surface area contributed by atoms with Crippen LogP contribution in [-0.4, -0.2) is 17.6 Å². The smallest absolute Gasteiger partial charge is 0.338 e. The van der Waals surface area contributed by atoms with Crippen LogP contribution in [0.4, 0.5) is 0 Å². The molecular formula is C23H25N3O4. The fourth-order valence-corrected chi connectivity index (χ4v) is 3.68. The van der Waals surface area contributed by atoms with Gasteiger partial charge in [0.15, 0.2) is 0 Å². The third-order valence-corrected chi connectivity index (χ3v) is 5.27. The number of benzene rings is 1. The van der Waals surface area contributed by atoms with E-state index in [1.807, 2.05) is 39.0 Å². The standard InChI is InChI=1S/C23H25N3O4/c1-5-7-18-20(23(28)29-6-2)19(16(11-24)21(25)30-18)15-10-14-8-12(3)13(4)9-17(14)26-22(15)27/h8-10,19H,5-7,25H2,1-4H3,(H,26,27). The summed E-state index contributed by atoms with van der Waals surface area (Å²) in [5.74, 6) is -1.35. The summed E-state index contributed by atoms with van der Waals surface area (Å²) in [7, 11) is 0. The number of aromatic nitrogens is 1. The van der Waals surface area contributed by atoms with Crippen LogP contribution in [0.25, 0.3) is 10.9 Å². The summed E-state index contributed by atoms with van der Waals surface area (Å²) in [6.07, 6.45) is 1.11. The molecule has 30 heavy (non-hydrogen) atoms. The SMILES string of the molecule is CCCC1=C(C(=O)OCC)C(c2cc3cc(C)c(C)cc3[nH]c2=O)C(C#N)=C(N)O1. The number of aromatic amines is 1. The quantitative estimate of drug-likeness (QED) is 0.732. The van der Waals surface area contributed by atoms with E-state index in [2.05, 4.69) is 4.98 Å². The highest BCUT2D eigenvalue weighted by atomic mass is 16.5. The number of carbonyl (C=O) groups excluding carboxylic acids is 1. The number of nitriles is 1. The zero-order valence-electron chi connectivity index (χ0n) is 17.6. The van der Waals surface area contributed by atoms with Crippen LogP contribution in [0.2, 0.25) is 0 Å². The van der Waals surface area contributed by atoms with E-state index in [1.54, 1.807) is 13.0 Å². The van der Waals surface area contributed by atoms with Crippen LogP contribution in [-0.2, 0) is 14.3 Å². The number of carbonyl (C=O) groups is 1. The summed E-state index contributed by atoms with van der Waals surface area (Å²) in [6, 6.07) is 7.60. The first-order valence-corrected chi connectivity index (χ1v) is 9.94. The third kappa shape index (κ3) is 3.69. The molecule has 0 aliphatic carbocycles. The molecule has 7 nitrogen and oxygen atoms in total. The van der Waals surface area contributed by atoms with E-state index in [4.69, 9.17) is 15.2 Å². The van der Waals surface area contributed by atoms with Crippen molar-refractivity contribution >= 4 is 16.9 Å². The summed E-state index contributed by atoms with van der Waals surface area (Å²) >= 11 is 0. The fourth-order valence-electron chi connectivity index (χ4n) is 3.68. The molecule has 0 radical (unpaired) electrons. The van der Waals surface area contributed by atoms with Crippen LogP contribution in [0.5, 0.6) is 0 Å². The molecule has 0 saturated heterocycles. The number of ether oxygens (including phenoxy) is 2. The summed E-state index contributed by atoms with van der Waals surface area (Å²) in [5, 5.41) is 10.6. The predicted octanol–water partition coefficient (Wildman–Crippen LogP) is 3.57. The molecule has 2 aromatic rings. The summed E-state index contributed by atoms with van der Waals surface area (Å²) in [4.78, 5) is 28.8. The van der Waals surface area contributed by atoms with Crippen molar-refractivity contribution in [2.75, 3.05) is 6.61 Å². The van der Waals surface area contributed by atoms with Gasteiger partial charge in [-0.2, -0.15) is 5.26 Å². The minimum atomic E-state index is -0.959. The lowest BCUT2D eigenvalue weighted by atomic mass is 9.82. The van der Waals surface area contributed by atoms with Gasteiger partial charge in [0.05, 0.1) is 18.1 Å². The van der Waals surface area contributed by atoms with E-state index in [-0.39, 0.29) is 29.2 Å². The largest absolute Gasteiger partial charge is 0.463 e. The number of nitrogens with two attached hydrogens (primary N) is 1. The molecule has 3 N–H and O–H groups in total. The van der Waals surface area contributed by atoms with Gasteiger partial charge in [-0.15, -0.1) is 0 Å². The average Bonchev–Trinajstić information content (AvgIpc) is 2.69. The van der Waals surface area contributed by atoms with Crippen LogP contribution in [0.3, 0.4) is 0 Å². The number of fused-ring (bicyclic) bond motifs is 1. The van der Waals surface area contributed by atoms with Crippen molar-refractivity contribution in [1.82, 2.24) is 4.98 Å². The van der Waals surface area contributed by atoms with Crippen molar-refractivity contribution in [2.24, 2.45) is 5.73 Å². The van der Waals surface area contributed by atoms with E-state index in [1.165, 1.54) is 0 Å². The van der Waals surface area contributed by atoms with Gasteiger partial charge in [0, 0.05) is 17.5 Å². The molecule has 0 spiro atoms. The molecule has 1 aliphatic heterocycles. The molecule has 1 aromatic carbocycles. The van der Waals surface area contributed by atoms with Gasteiger partial charge < -0.3 is 20.2 Å². The van der Waals surface area contributed by atoms with Gasteiger partial charge in [-0.3, -0.25) is 4.79 Å². The Hall–Kier alpha value is -3.53. The summed E-state index contributed by atoms with van der Waals surface area (Å²) in [6.45, 7) is 7.73. The van der Waals surface area contributed by atoms with Crippen LogP contribution < -0.4 is 11.3 Å². The van der Waals surface area contributed by atoms with E-state index in [0.29, 0.717) is 24.1 Å². The maximum Gasteiger partial charge on any atom is 0.338 e. The Morgan fingerprint density at radius 2 is 1.97 bits per heavy atom. The van der Waals surface area contributed by atoms with Gasteiger partial charge in [-0.05, 0) is 61.9 Å². The van der Waals surface area contributed by atoms with Crippen molar-refractivity contribution in [3.63, 3.8) is 0 Å². The molecule has 0 bridgehead atoms. The lowest BCUT2D eigenvalue weighted by molar-refractivity contribution is -0.139. The molecule has 1 atom stereocenters. The van der Waals surface area contributed by atoms with Crippen LogP contribution in [0.15, 0.2) is 45.8 Å². The monoisotopic (exact) mass is 407 g/mol. The molecule has 0 amide bonds. The van der Waals surface area contributed by atoms with Crippen molar-refractivity contribution in [3.05, 3.63) is 68.0 Å². The third-order valence-electron chi connectivity index (χ3n) is 5.27. The van der Waals surface area contributed by atoms with E-state index in [9.17, 15) is 14.9 Å². The molecule has 156 valence electrons. The maximum absolute atomic E-state index is 13.0. The normalized spacial score (nSPS) is 16.4. The number of hydrogen-bond donors (Lipinski definition) is 2. The van der Waals surface area contributed by atoms with Crippen molar-refractivity contribution in [1.29, 1.82) is 5.26 Å². The van der Waals surface area contributed by atoms with Gasteiger partial charge >= 0.3 is 5.97 Å². The van der Waals surface area contributed by atoms with Crippen molar-refractivity contribution in [3.8, 4) is 6.07 Å². The molecule has 1 unspecified atom stereocenters. The number of allylic oxidation sites excluding steroid dienone is 2. The Morgan fingerprint density at radius 3 is 2.60 bits per heavy atom. The minimum absolute atomic E-state index is 0.0200. The second-order valence-corrected chi connectivity index (χ2v) is 7.31. The van der Waals surface area contributed by atoms with Crippen LogP contribution >= 0.6 is 0 Å².